The van der Waals surface area contributed by atoms with Gasteiger partial charge in [0.15, 0.2) is 0 Å². The minimum absolute atomic E-state index is 1.17. The van der Waals surface area contributed by atoms with Gasteiger partial charge in [-0.3, -0.25) is 0 Å². The molecule has 212 valence electrons. The number of nitrogens with zero attached hydrogens (tertiary/aromatic N) is 2. The van der Waals surface area contributed by atoms with E-state index in [1.807, 2.05) is 0 Å². The number of aromatic nitrogens is 2. The van der Waals surface area contributed by atoms with E-state index in [1.54, 1.807) is 0 Å². The third-order valence-corrected chi connectivity index (χ3v) is 10.2. The van der Waals surface area contributed by atoms with Gasteiger partial charge in [-0.2, -0.15) is 0 Å². The van der Waals surface area contributed by atoms with Crippen LogP contribution in [0.5, 0.6) is 0 Å². The quantitative estimate of drug-likeness (QED) is 0.192. The molecule has 46 heavy (non-hydrogen) atoms. The zero-order valence-corrected chi connectivity index (χ0v) is 24.9. The predicted octanol–water partition coefficient (Wildman–Crippen LogP) is 11.8. The third-order valence-electron chi connectivity index (χ3n) is 10.2. The highest BCUT2D eigenvalue weighted by molar-refractivity contribution is 6.29. The monoisotopic (exact) mass is 582 g/mol. The minimum atomic E-state index is 1.17. The molecule has 0 saturated carbocycles. The van der Waals surface area contributed by atoms with Gasteiger partial charge in [-0.15, -0.1) is 0 Å². The highest BCUT2D eigenvalue weighted by Crippen LogP contribution is 2.49. The van der Waals surface area contributed by atoms with E-state index in [-0.39, 0.29) is 0 Å². The van der Waals surface area contributed by atoms with Crippen molar-refractivity contribution >= 4 is 65.2 Å². The van der Waals surface area contributed by atoms with E-state index in [9.17, 15) is 0 Å². The molecule has 2 nitrogen and oxygen atoms in total. The van der Waals surface area contributed by atoms with E-state index < -0.39 is 0 Å². The topological polar surface area (TPSA) is 9.86 Å². The lowest BCUT2D eigenvalue weighted by molar-refractivity contribution is 1.18. The van der Waals surface area contributed by atoms with Crippen LogP contribution < -0.4 is 0 Å². The Balaban J connectivity index is 1.29. The Morgan fingerprint density at radius 3 is 1.87 bits per heavy atom. The summed E-state index contributed by atoms with van der Waals surface area (Å²) in [6.07, 6.45) is 0. The molecular weight excluding hydrogens is 556 g/mol. The second-order valence-corrected chi connectivity index (χ2v) is 12.5. The summed E-state index contributed by atoms with van der Waals surface area (Å²) in [5.74, 6) is 0. The van der Waals surface area contributed by atoms with Crippen molar-refractivity contribution < 1.29 is 0 Å². The van der Waals surface area contributed by atoms with Gasteiger partial charge in [0.05, 0.1) is 22.1 Å². The number of hydrogen-bond donors (Lipinski definition) is 0. The van der Waals surface area contributed by atoms with Crippen LogP contribution in [0, 0.1) is 0 Å². The molecule has 10 aromatic rings. The Labute approximate surface area is 265 Å². The molecule has 0 fully saturated rings. The van der Waals surface area contributed by atoms with E-state index in [1.165, 1.54) is 98.8 Å². The molecule has 0 saturated heterocycles. The Morgan fingerprint density at radius 1 is 0.304 bits per heavy atom. The summed E-state index contributed by atoms with van der Waals surface area (Å²) in [4.78, 5) is 0. The highest BCUT2D eigenvalue weighted by atomic mass is 15.0. The summed E-state index contributed by atoms with van der Waals surface area (Å²) in [6.45, 7) is 0. The molecule has 1 aliphatic carbocycles. The molecule has 0 N–H and O–H groups in total. The minimum Gasteiger partial charge on any atom is -0.309 e. The maximum Gasteiger partial charge on any atom is 0.0641 e. The van der Waals surface area contributed by atoms with Gasteiger partial charge in [0.25, 0.3) is 0 Å². The maximum absolute atomic E-state index is 2.51. The lowest BCUT2D eigenvalue weighted by atomic mass is 10.0. The average Bonchev–Trinajstić information content (AvgIpc) is 3.75. The van der Waals surface area contributed by atoms with Gasteiger partial charge in [-0.1, -0.05) is 121 Å². The van der Waals surface area contributed by atoms with Crippen molar-refractivity contribution in [1.82, 2.24) is 9.13 Å². The summed E-state index contributed by atoms with van der Waals surface area (Å²) < 4.78 is 4.98. The van der Waals surface area contributed by atoms with Gasteiger partial charge in [0.2, 0.25) is 0 Å². The van der Waals surface area contributed by atoms with Crippen LogP contribution in [0.25, 0.3) is 98.8 Å². The zero-order chi connectivity index (χ0) is 29.9. The summed E-state index contributed by atoms with van der Waals surface area (Å²) in [5.41, 5.74) is 12.6. The van der Waals surface area contributed by atoms with E-state index in [0.717, 1.165) is 0 Å². The van der Waals surface area contributed by atoms with Gasteiger partial charge >= 0.3 is 0 Å². The molecule has 2 heterocycles. The fourth-order valence-corrected chi connectivity index (χ4v) is 8.35. The van der Waals surface area contributed by atoms with Gasteiger partial charge in [0, 0.05) is 38.3 Å². The van der Waals surface area contributed by atoms with Crippen molar-refractivity contribution in [3.05, 3.63) is 158 Å². The fraction of sp³-hybridized carbons (Fsp3) is 0. The van der Waals surface area contributed by atoms with Crippen LogP contribution in [0.3, 0.4) is 0 Å². The second kappa shape index (κ2) is 8.74. The highest BCUT2D eigenvalue weighted by Gasteiger charge is 2.24. The van der Waals surface area contributed by atoms with E-state index in [2.05, 4.69) is 167 Å². The molecule has 8 aromatic carbocycles. The predicted molar refractivity (Wildman–Crippen MR) is 195 cm³/mol. The largest absolute Gasteiger partial charge is 0.309 e. The zero-order valence-electron chi connectivity index (χ0n) is 24.9. The Kier molecular flexibility index (Phi) is 4.61. The van der Waals surface area contributed by atoms with Crippen molar-refractivity contribution in [2.45, 2.75) is 0 Å². The van der Waals surface area contributed by atoms with E-state index in [4.69, 9.17) is 0 Å². The number of hydrogen-bond acceptors (Lipinski definition) is 0. The molecule has 0 spiro atoms. The first-order valence-corrected chi connectivity index (χ1v) is 16.0. The van der Waals surface area contributed by atoms with Gasteiger partial charge in [-0.05, 0) is 74.8 Å². The van der Waals surface area contributed by atoms with Gasteiger partial charge in [-0.25, -0.2) is 0 Å². The van der Waals surface area contributed by atoms with Gasteiger partial charge < -0.3 is 9.13 Å². The van der Waals surface area contributed by atoms with Crippen molar-refractivity contribution in [1.29, 1.82) is 0 Å². The molecule has 0 radical (unpaired) electrons. The second-order valence-electron chi connectivity index (χ2n) is 12.5. The summed E-state index contributed by atoms with van der Waals surface area (Å²) in [6, 6.07) is 58.2. The number of fused-ring (bicyclic) bond motifs is 12. The first-order chi connectivity index (χ1) is 22.8. The first-order valence-electron chi connectivity index (χ1n) is 16.0. The molecule has 0 unspecified atom stereocenters. The standard InChI is InChI=1S/C44H26N2/c1-2-13-29(14-3-1)46-43-31-15-5-4-10-27(31)20-22-35(43)36-24-25-40-42(44(36)46)37-16-6-7-19-39(37)45(40)30-21-23-32-33-17-8-11-28-12-9-18-34(41(28)33)38(32)26-30/h1-26H. The lowest BCUT2D eigenvalue weighted by Gasteiger charge is -2.12. The van der Waals surface area contributed by atoms with Crippen LogP contribution in [0.2, 0.25) is 0 Å². The molecule has 0 amide bonds. The van der Waals surface area contributed by atoms with Crippen LogP contribution in [0.15, 0.2) is 158 Å². The van der Waals surface area contributed by atoms with Crippen LogP contribution in [0.1, 0.15) is 0 Å². The molecule has 1 aliphatic rings. The Hall–Kier alpha value is -6.12. The first kappa shape index (κ1) is 24.2. The molecule has 0 aliphatic heterocycles. The maximum atomic E-state index is 2.51. The fourth-order valence-electron chi connectivity index (χ4n) is 8.35. The van der Waals surface area contributed by atoms with Crippen molar-refractivity contribution in [2.75, 3.05) is 0 Å². The molecule has 0 bridgehead atoms. The number of para-hydroxylation sites is 2. The smallest absolute Gasteiger partial charge is 0.0641 e. The summed E-state index contributed by atoms with van der Waals surface area (Å²) in [5, 5.41) is 10.3. The number of rotatable bonds is 2. The molecule has 0 atom stereocenters. The Morgan fingerprint density at radius 2 is 1.00 bits per heavy atom. The van der Waals surface area contributed by atoms with E-state index in [0.29, 0.717) is 0 Å². The van der Waals surface area contributed by atoms with Crippen LogP contribution in [-0.2, 0) is 0 Å². The van der Waals surface area contributed by atoms with Crippen molar-refractivity contribution in [3.63, 3.8) is 0 Å². The Bertz CT molecular complexity index is 2900. The molecule has 2 aromatic heterocycles. The third kappa shape index (κ3) is 3.01. The lowest BCUT2D eigenvalue weighted by Crippen LogP contribution is -1.96. The SMILES string of the molecule is c1ccc(-n2c3c4ccccc4ccc3c3ccc4c(c5ccccc5n4-c4ccc5c(c4)-c4cccc6cccc-5c46)c32)cc1. The van der Waals surface area contributed by atoms with Crippen LogP contribution in [0.4, 0.5) is 0 Å². The molecular formula is C44H26N2. The van der Waals surface area contributed by atoms with Crippen molar-refractivity contribution in [2.24, 2.45) is 0 Å². The normalized spacial score (nSPS) is 12.3. The molecule has 2 heteroatoms. The average molecular weight is 583 g/mol. The van der Waals surface area contributed by atoms with Crippen molar-refractivity contribution in [3.8, 4) is 33.6 Å². The van der Waals surface area contributed by atoms with Crippen LogP contribution in [-0.4, -0.2) is 9.13 Å². The summed E-state index contributed by atoms with van der Waals surface area (Å²) >= 11 is 0. The summed E-state index contributed by atoms with van der Waals surface area (Å²) in [7, 11) is 0. The molecule has 11 rings (SSSR count). The van der Waals surface area contributed by atoms with E-state index >= 15 is 0 Å². The van der Waals surface area contributed by atoms with Crippen LogP contribution >= 0.6 is 0 Å². The van der Waals surface area contributed by atoms with Gasteiger partial charge in [0.1, 0.15) is 0 Å². The number of benzene rings is 8.